The van der Waals surface area contributed by atoms with Gasteiger partial charge in [0.2, 0.25) is 0 Å². The number of thiophene rings is 1. The summed E-state index contributed by atoms with van der Waals surface area (Å²) in [6, 6.07) is 2.36. The van der Waals surface area contributed by atoms with Gasteiger partial charge in [-0.3, -0.25) is 4.79 Å². The zero-order valence-electron chi connectivity index (χ0n) is 7.82. The van der Waals surface area contributed by atoms with Crippen molar-refractivity contribution in [2.75, 3.05) is 6.54 Å². The molecule has 3 nitrogen and oxygen atoms in total. The van der Waals surface area contributed by atoms with Crippen molar-refractivity contribution in [3.63, 3.8) is 0 Å². The highest BCUT2D eigenvalue weighted by Gasteiger charge is 2.20. The van der Waals surface area contributed by atoms with Gasteiger partial charge in [-0.1, -0.05) is 0 Å². The summed E-state index contributed by atoms with van der Waals surface area (Å²) < 4.78 is 0. The van der Waals surface area contributed by atoms with Gasteiger partial charge in [0.15, 0.2) is 0 Å². The van der Waals surface area contributed by atoms with Crippen molar-refractivity contribution in [2.24, 2.45) is 0 Å². The molecule has 1 heterocycles. The molecule has 0 saturated carbocycles. The van der Waals surface area contributed by atoms with E-state index in [1.807, 2.05) is 0 Å². The molecular weight excluding hydrogens is 198 g/mol. The van der Waals surface area contributed by atoms with Crippen LogP contribution in [0.25, 0.3) is 0 Å². The van der Waals surface area contributed by atoms with Gasteiger partial charge >= 0.3 is 5.97 Å². The fraction of sp³-hybridized carbons (Fsp3) is 0.500. The van der Waals surface area contributed by atoms with Gasteiger partial charge in [-0.25, -0.2) is 0 Å². The van der Waals surface area contributed by atoms with Crippen molar-refractivity contribution in [2.45, 2.75) is 25.3 Å². The van der Waals surface area contributed by atoms with Gasteiger partial charge in [-0.2, -0.15) is 0 Å². The number of aryl methyl sites for hydroxylation is 1. The maximum atomic E-state index is 10.4. The molecule has 1 aliphatic carbocycles. The van der Waals surface area contributed by atoms with Crippen LogP contribution in [0.1, 0.15) is 29.3 Å². The van der Waals surface area contributed by atoms with E-state index in [0.717, 1.165) is 19.3 Å². The molecule has 0 aromatic carbocycles. The van der Waals surface area contributed by atoms with E-state index in [2.05, 4.69) is 16.8 Å². The average Bonchev–Trinajstić information content (AvgIpc) is 2.62. The van der Waals surface area contributed by atoms with E-state index >= 15 is 0 Å². The number of rotatable bonds is 3. The molecule has 1 atom stereocenters. The van der Waals surface area contributed by atoms with E-state index in [4.69, 9.17) is 5.11 Å². The molecule has 1 aromatic heterocycles. The highest BCUT2D eigenvalue weighted by molar-refractivity contribution is 7.10. The quantitative estimate of drug-likeness (QED) is 0.801. The molecular formula is C10H13NO2S. The number of carboxylic acid groups (broad SMARTS) is 1. The number of carbonyl (C=O) groups is 1. The first kappa shape index (κ1) is 9.68. The monoisotopic (exact) mass is 211 g/mol. The SMILES string of the molecule is O=C(O)CNC1CCCc2sccc21. The molecule has 0 amide bonds. The Hall–Kier alpha value is -0.870. The number of fused-ring (bicyclic) bond motifs is 1. The van der Waals surface area contributed by atoms with Crippen LogP contribution in [0.2, 0.25) is 0 Å². The summed E-state index contributed by atoms with van der Waals surface area (Å²) in [4.78, 5) is 11.8. The molecule has 4 heteroatoms. The minimum atomic E-state index is -0.785. The highest BCUT2D eigenvalue weighted by Crippen LogP contribution is 2.32. The topological polar surface area (TPSA) is 49.3 Å². The molecule has 1 aliphatic rings. The first-order valence-electron chi connectivity index (χ1n) is 4.79. The van der Waals surface area contributed by atoms with Gasteiger partial charge in [-0.15, -0.1) is 11.3 Å². The van der Waals surface area contributed by atoms with E-state index < -0.39 is 5.97 Å². The van der Waals surface area contributed by atoms with Crippen LogP contribution in [0.5, 0.6) is 0 Å². The molecule has 1 unspecified atom stereocenters. The fourth-order valence-electron chi connectivity index (χ4n) is 1.91. The first-order chi connectivity index (χ1) is 6.77. The third kappa shape index (κ3) is 1.96. The van der Waals surface area contributed by atoms with Gasteiger partial charge in [0.1, 0.15) is 0 Å². The third-order valence-electron chi connectivity index (χ3n) is 2.55. The number of carboxylic acids is 1. The normalized spacial score (nSPS) is 20.4. The second-order valence-electron chi connectivity index (χ2n) is 3.52. The first-order valence-corrected chi connectivity index (χ1v) is 5.67. The minimum absolute atomic E-state index is 0.0555. The van der Waals surface area contributed by atoms with Gasteiger partial charge in [0, 0.05) is 10.9 Å². The molecule has 0 spiro atoms. The van der Waals surface area contributed by atoms with Crippen molar-refractivity contribution in [1.29, 1.82) is 0 Å². The Morgan fingerprint density at radius 1 is 1.71 bits per heavy atom. The maximum Gasteiger partial charge on any atom is 0.317 e. The van der Waals surface area contributed by atoms with Crippen LogP contribution in [-0.4, -0.2) is 17.6 Å². The van der Waals surface area contributed by atoms with Gasteiger partial charge in [0.05, 0.1) is 6.54 Å². The third-order valence-corrected chi connectivity index (χ3v) is 3.55. The molecule has 0 bridgehead atoms. The van der Waals surface area contributed by atoms with Crippen molar-refractivity contribution in [1.82, 2.24) is 5.32 Å². The Balaban J connectivity index is 2.05. The van der Waals surface area contributed by atoms with E-state index in [1.54, 1.807) is 11.3 Å². The van der Waals surface area contributed by atoms with Gasteiger partial charge in [-0.05, 0) is 36.3 Å². The predicted octanol–water partition coefficient (Wildman–Crippen LogP) is 1.80. The number of hydrogen-bond donors (Lipinski definition) is 2. The van der Waals surface area contributed by atoms with Crippen LogP contribution < -0.4 is 5.32 Å². The molecule has 1 aromatic rings. The maximum absolute atomic E-state index is 10.4. The lowest BCUT2D eigenvalue weighted by molar-refractivity contribution is -0.136. The lowest BCUT2D eigenvalue weighted by Gasteiger charge is -2.22. The standard InChI is InChI=1S/C10H13NO2S/c12-10(13)6-11-8-2-1-3-9-7(8)4-5-14-9/h4-5,8,11H,1-3,6H2,(H,12,13). The molecule has 2 N–H and O–H groups in total. The number of hydrogen-bond acceptors (Lipinski definition) is 3. The van der Waals surface area contributed by atoms with Crippen LogP contribution in [-0.2, 0) is 11.2 Å². The van der Waals surface area contributed by atoms with Crippen LogP contribution in [0, 0.1) is 0 Å². The molecule has 0 saturated heterocycles. The number of nitrogens with one attached hydrogen (secondary N) is 1. The van der Waals surface area contributed by atoms with E-state index in [0.29, 0.717) is 0 Å². The lowest BCUT2D eigenvalue weighted by atomic mass is 9.94. The second kappa shape index (κ2) is 4.11. The Bertz CT molecular complexity index is 335. The van der Waals surface area contributed by atoms with Crippen LogP contribution in [0.4, 0.5) is 0 Å². The molecule has 0 aliphatic heterocycles. The smallest absolute Gasteiger partial charge is 0.317 e. The van der Waals surface area contributed by atoms with Crippen LogP contribution >= 0.6 is 11.3 Å². The summed E-state index contributed by atoms with van der Waals surface area (Å²) in [5.74, 6) is -0.785. The van der Waals surface area contributed by atoms with Crippen molar-refractivity contribution in [3.05, 3.63) is 21.9 Å². The summed E-state index contributed by atoms with van der Waals surface area (Å²) in [5.41, 5.74) is 1.31. The zero-order valence-corrected chi connectivity index (χ0v) is 8.64. The van der Waals surface area contributed by atoms with Crippen LogP contribution in [0.3, 0.4) is 0 Å². The van der Waals surface area contributed by atoms with Gasteiger partial charge in [0.25, 0.3) is 0 Å². The zero-order chi connectivity index (χ0) is 9.97. The van der Waals surface area contributed by atoms with Crippen molar-refractivity contribution < 1.29 is 9.90 Å². The lowest BCUT2D eigenvalue weighted by Crippen LogP contribution is -2.29. The summed E-state index contributed by atoms with van der Waals surface area (Å²) in [7, 11) is 0. The molecule has 2 rings (SSSR count). The Morgan fingerprint density at radius 3 is 3.36 bits per heavy atom. The average molecular weight is 211 g/mol. The van der Waals surface area contributed by atoms with E-state index in [1.165, 1.54) is 10.4 Å². The second-order valence-corrected chi connectivity index (χ2v) is 4.52. The summed E-state index contributed by atoms with van der Waals surface area (Å²) in [6.45, 7) is 0.0555. The molecule has 0 radical (unpaired) electrons. The minimum Gasteiger partial charge on any atom is -0.480 e. The largest absolute Gasteiger partial charge is 0.480 e. The molecule has 76 valence electrons. The summed E-state index contributed by atoms with van der Waals surface area (Å²) in [5, 5.41) is 13.7. The summed E-state index contributed by atoms with van der Waals surface area (Å²) in [6.07, 6.45) is 3.36. The van der Waals surface area contributed by atoms with Crippen molar-refractivity contribution >= 4 is 17.3 Å². The van der Waals surface area contributed by atoms with Gasteiger partial charge < -0.3 is 10.4 Å². The molecule has 0 fully saturated rings. The Kier molecular flexibility index (Phi) is 2.84. The van der Waals surface area contributed by atoms with E-state index in [9.17, 15) is 4.79 Å². The van der Waals surface area contributed by atoms with Crippen molar-refractivity contribution in [3.8, 4) is 0 Å². The predicted molar refractivity (Wildman–Crippen MR) is 55.6 cm³/mol. The molecule has 14 heavy (non-hydrogen) atoms. The highest BCUT2D eigenvalue weighted by atomic mass is 32.1. The van der Waals surface area contributed by atoms with E-state index in [-0.39, 0.29) is 12.6 Å². The Morgan fingerprint density at radius 2 is 2.57 bits per heavy atom. The summed E-state index contributed by atoms with van der Waals surface area (Å²) >= 11 is 1.78. The Labute approximate surface area is 86.8 Å². The fourth-order valence-corrected chi connectivity index (χ4v) is 2.90. The van der Waals surface area contributed by atoms with Crippen LogP contribution in [0.15, 0.2) is 11.4 Å². The number of aliphatic carboxylic acids is 1.